The van der Waals surface area contributed by atoms with Gasteiger partial charge in [0.25, 0.3) is 0 Å². The zero-order valence-corrected chi connectivity index (χ0v) is 23.4. The molecule has 1 aromatic carbocycles. The first kappa shape index (κ1) is 25.9. The van der Waals surface area contributed by atoms with E-state index in [1.54, 1.807) is 0 Å². The fraction of sp³-hybridized carbons (Fsp3) is 0.727. The molecular weight excluding hydrogens is 446 g/mol. The van der Waals surface area contributed by atoms with Gasteiger partial charge in [-0.05, 0) is 54.5 Å². The van der Waals surface area contributed by atoms with Gasteiger partial charge in [-0.1, -0.05) is 63.5 Å². The molecule has 0 aliphatic rings. The molecule has 0 N–H and O–H groups in total. The third kappa shape index (κ3) is 7.60. The van der Waals surface area contributed by atoms with Crippen molar-refractivity contribution in [3.63, 3.8) is 0 Å². The van der Waals surface area contributed by atoms with Crippen molar-refractivity contribution < 1.29 is 8.85 Å². The van der Waals surface area contributed by atoms with Crippen molar-refractivity contribution in [2.75, 3.05) is 31.2 Å². The van der Waals surface area contributed by atoms with Crippen molar-refractivity contribution in [3.05, 3.63) is 28.7 Å². The van der Waals surface area contributed by atoms with Crippen LogP contribution in [0.25, 0.3) is 0 Å². The fourth-order valence-corrected chi connectivity index (χ4v) is 4.75. The first-order valence-corrected chi connectivity index (χ1v) is 17.0. The number of benzene rings is 1. The summed E-state index contributed by atoms with van der Waals surface area (Å²) in [6, 6.07) is 8.51. The first-order valence-electron chi connectivity index (χ1n) is 10.4. The summed E-state index contributed by atoms with van der Waals surface area (Å²) in [4.78, 5) is 2.39. The second kappa shape index (κ2) is 9.77. The summed E-state index contributed by atoms with van der Waals surface area (Å²) in [5.74, 6) is 0. The summed E-state index contributed by atoms with van der Waals surface area (Å²) in [6.07, 6.45) is 0. The molecule has 0 atom stereocenters. The van der Waals surface area contributed by atoms with E-state index in [0.717, 1.165) is 30.8 Å². The van der Waals surface area contributed by atoms with Crippen LogP contribution in [0.3, 0.4) is 0 Å². The Hall–Kier alpha value is -0.146. The van der Waals surface area contributed by atoms with Gasteiger partial charge in [-0.2, -0.15) is 0 Å². The fourth-order valence-electron chi connectivity index (χ4n) is 2.30. The lowest BCUT2D eigenvalue weighted by atomic mass is 10.2. The van der Waals surface area contributed by atoms with Crippen molar-refractivity contribution in [1.82, 2.24) is 0 Å². The molecule has 0 saturated carbocycles. The highest BCUT2D eigenvalue weighted by molar-refractivity contribution is 9.10. The van der Waals surface area contributed by atoms with Gasteiger partial charge in [-0.25, -0.2) is 0 Å². The maximum absolute atomic E-state index is 6.43. The predicted molar refractivity (Wildman–Crippen MR) is 133 cm³/mol. The number of halogens is 1. The Balaban J connectivity index is 2.79. The first-order chi connectivity index (χ1) is 12.6. The van der Waals surface area contributed by atoms with E-state index in [1.807, 2.05) is 0 Å². The minimum atomic E-state index is -1.73. The van der Waals surface area contributed by atoms with Gasteiger partial charge in [0.2, 0.25) is 0 Å². The van der Waals surface area contributed by atoms with Gasteiger partial charge >= 0.3 is 0 Å². The molecule has 0 radical (unpaired) electrons. The van der Waals surface area contributed by atoms with Crippen LogP contribution >= 0.6 is 15.9 Å². The van der Waals surface area contributed by atoms with Crippen LogP contribution in [-0.4, -0.2) is 42.9 Å². The summed E-state index contributed by atoms with van der Waals surface area (Å²) in [5, 5.41) is 0.470. The van der Waals surface area contributed by atoms with Crippen LogP contribution in [-0.2, 0) is 8.85 Å². The minimum Gasteiger partial charge on any atom is -0.415 e. The van der Waals surface area contributed by atoms with E-state index in [0.29, 0.717) is 0 Å². The monoisotopic (exact) mass is 487 g/mol. The molecule has 6 heteroatoms. The molecular formula is C22H42BrNO2Si2. The van der Waals surface area contributed by atoms with Gasteiger partial charge in [-0.15, -0.1) is 0 Å². The highest BCUT2D eigenvalue weighted by Gasteiger charge is 2.38. The molecule has 0 aliphatic heterocycles. The van der Waals surface area contributed by atoms with Crippen LogP contribution in [0.5, 0.6) is 0 Å². The van der Waals surface area contributed by atoms with Crippen LogP contribution in [0.15, 0.2) is 28.7 Å². The SMILES string of the molecule is CC(C)(C)[Si](C)(C)OCCN(CCO[Si](C)(C)C(C)(C)C)c1cccc(Br)c1. The number of hydrogen-bond acceptors (Lipinski definition) is 3. The summed E-state index contributed by atoms with van der Waals surface area (Å²) in [5.41, 5.74) is 1.21. The zero-order chi connectivity index (χ0) is 21.8. The summed E-state index contributed by atoms with van der Waals surface area (Å²) in [6.45, 7) is 26.3. The zero-order valence-electron chi connectivity index (χ0n) is 19.8. The smallest absolute Gasteiger partial charge is 0.192 e. The number of nitrogens with zero attached hydrogens (tertiary/aromatic N) is 1. The maximum Gasteiger partial charge on any atom is 0.192 e. The Morgan fingerprint density at radius 3 is 1.61 bits per heavy atom. The van der Waals surface area contributed by atoms with Gasteiger partial charge in [0.05, 0.1) is 13.2 Å². The normalized spacial score (nSPS) is 13.7. The van der Waals surface area contributed by atoms with Crippen LogP contribution in [0.2, 0.25) is 36.3 Å². The molecule has 162 valence electrons. The van der Waals surface area contributed by atoms with E-state index in [9.17, 15) is 0 Å². The number of rotatable bonds is 9. The average molecular weight is 489 g/mol. The lowest BCUT2D eigenvalue weighted by Gasteiger charge is -2.38. The molecule has 1 rings (SSSR count). The van der Waals surface area contributed by atoms with Crippen LogP contribution in [0, 0.1) is 0 Å². The molecule has 0 amide bonds. The van der Waals surface area contributed by atoms with Gasteiger partial charge in [0.1, 0.15) is 0 Å². The van der Waals surface area contributed by atoms with E-state index >= 15 is 0 Å². The Labute approximate surface area is 184 Å². The largest absolute Gasteiger partial charge is 0.415 e. The summed E-state index contributed by atoms with van der Waals surface area (Å²) >= 11 is 3.61. The van der Waals surface area contributed by atoms with Crippen molar-refractivity contribution in [2.45, 2.75) is 77.8 Å². The molecule has 1 aromatic rings. The van der Waals surface area contributed by atoms with Crippen molar-refractivity contribution >= 4 is 38.3 Å². The molecule has 0 aromatic heterocycles. The van der Waals surface area contributed by atoms with Crippen molar-refractivity contribution in [2.24, 2.45) is 0 Å². The lowest BCUT2D eigenvalue weighted by molar-refractivity contribution is 0.276. The molecule has 0 unspecified atom stereocenters. The van der Waals surface area contributed by atoms with Gasteiger partial charge in [0.15, 0.2) is 16.6 Å². The van der Waals surface area contributed by atoms with Crippen molar-refractivity contribution in [3.8, 4) is 0 Å². The summed E-state index contributed by atoms with van der Waals surface area (Å²) < 4.78 is 14.0. The Kier molecular flexibility index (Phi) is 9.04. The molecule has 0 spiro atoms. The van der Waals surface area contributed by atoms with E-state index in [-0.39, 0.29) is 10.1 Å². The van der Waals surface area contributed by atoms with E-state index in [4.69, 9.17) is 8.85 Å². The average Bonchev–Trinajstić information content (AvgIpc) is 2.51. The second-order valence-corrected chi connectivity index (χ2v) is 21.2. The third-order valence-corrected chi connectivity index (χ3v) is 16.0. The third-order valence-electron chi connectivity index (χ3n) is 6.43. The molecule has 28 heavy (non-hydrogen) atoms. The Morgan fingerprint density at radius 2 is 1.25 bits per heavy atom. The standard InChI is InChI=1S/C22H42BrNO2Si2/c1-21(2,3)27(7,8)25-16-14-24(20-13-11-12-19(23)18-20)15-17-26-28(9,10)22(4,5)6/h11-13,18H,14-17H2,1-10H3. The van der Waals surface area contributed by atoms with Crippen LogP contribution in [0.4, 0.5) is 5.69 Å². The quantitative estimate of drug-likeness (QED) is 0.341. The molecule has 0 saturated heterocycles. The van der Waals surface area contributed by atoms with E-state index in [2.05, 4.69) is 113 Å². The van der Waals surface area contributed by atoms with E-state index in [1.165, 1.54) is 5.69 Å². The highest BCUT2D eigenvalue weighted by Crippen LogP contribution is 2.37. The topological polar surface area (TPSA) is 21.7 Å². The Bertz CT molecular complexity index is 590. The molecule has 0 bridgehead atoms. The van der Waals surface area contributed by atoms with E-state index < -0.39 is 16.6 Å². The van der Waals surface area contributed by atoms with Crippen molar-refractivity contribution in [1.29, 1.82) is 0 Å². The molecule has 0 fully saturated rings. The van der Waals surface area contributed by atoms with Gasteiger partial charge in [0, 0.05) is 23.2 Å². The van der Waals surface area contributed by atoms with Gasteiger partial charge < -0.3 is 13.8 Å². The number of anilines is 1. The Morgan fingerprint density at radius 1 is 0.821 bits per heavy atom. The molecule has 0 heterocycles. The molecule has 0 aliphatic carbocycles. The van der Waals surface area contributed by atoms with Crippen LogP contribution < -0.4 is 4.90 Å². The van der Waals surface area contributed by atoms with Crippen LogP contribution in [0.1, 0.15) is 41.5 Å². The second-order valence-electron chi connectivity index (χ2n) is 10.7. The summed E-state index contributed by atoms with van der Waals surface area (Å²) in [7, 11) is -3.46. The highest BCUT2D eigenvalue weighted by atomic mass is 79.9. The maximum atomic E-state index is 6.43. The lowest BCUT2D eigenvalue weighted by Crippen LogP contribution is -2.44. The number of hydrogen-bond donors (Lipinski definition) is 0. The predicted octanol–water partition coefficient (Wildman–Crippen LogP) is 7.30. The van der Waals surface area contributed by atoms with Gasteiger partial charge in [-0.3, -0.25) is 0 Å². The minimum absolute atomic E-state index is 0.235. The molecule has 3 nitrogen and oxygen atoms in total.